The largest absolute Gasteiger partial charge is 0.372 e. The van der Waals surface area contributed by atoms with Crippen LogP contribution in [0.25, 0.3) is 0 Å². The molecule has 0 spiro atoms. The van der Waals surface area contributed by atoms with E-state index >= 15 is 0 Å². The molecular formula is C11H14FNO2. The summed E-state index contributed by atoms with van der Waals surface area (Å²) in [7, 11) is 0. The maximum absolute atomic E-state index is 13.3. The van der Waals surface area contributed by atoms with Gasteiger partial charge in [-0.15, -0.1) is 0 Å². The van der Waals surface area contributed by atoms with Gasteiger partial charge in [0.25, 0.3) is 0 Å². The lowest BCUT2D eigenvalue weighted by Crippen LogP contribution is -2.18. The number of ether oxygens (including phenoxy) is 1. The summed E-state index contributed by atoms with van der Waals surface area (Å²) in [5.74, 6) is -0.778. The van der Waals surface area contributed by atoms with Crippen molar-refractivity contribution in [2.75, 3.05) is 18.5 Å². The Bertz CT molecular complexity index is 352. The topological polar surface area (TPSA) is 38.3 Å². The van der Waals surface area contributed by atoms with Crippen molar-refractivity contribution in [3.8, 4) is 0 Å². The summed E-state index contributed by atoms with van der Waals surface area (Å²) in [6.07, 6.45) is 0. The normalized spacial score (nSPS) is 10.1. The number of halogens is 1. The summed E-state index contributed by atoms with van der Waals surface area (Å²) in [6.45, 7) is 3.99. The smallest absolute Gasteiger partial charge is 0.250 e. The molecule has 1 aromatic carbocycles. The van der Waals surface area contributed by atoms with E-state index in [1.54, 1.807) is 19.9 Å². The maximum atomic E-state index is 13.3. The molecule has 15 heavy (non-hydrogen) atoms. The number of anilines is 1. The molecule has 0 bridgehead atoms. The predicted molar refractivity (Wildman–Crippen MR) is 56.3 cm³/mol. The molecule has 0 aliphatic rings. The van der Waals surface area contributed by atoms with Crippen molar-refractivity contribution in [3.63, 3.8) is 0 Å². The fraction of sp³-hybridized carbons (Fsp3) is 0.364. The van der Waals surface area contributed by atoms with E-state index in [9.17, 15) is 9.18 Å². The highest BCUT2D eigenvalue weighted by Gasteiger charge is 2.06. The number of carbonyl (C=O) groups is 1. The van der Waals surface area contributed by atoms with Crippen molar-refractivity contribution in [2.45, 2.75) is 13.8 Å². The minimum atomic E-state index is -0.431. The minimum Gasteiger partial charge on any atom is -0.372 e. The Morgan fingerprint density at radius 3 is 2.87 bits per heavy atom. The van der Waals surface area contributed by atoms with Crippen LogP contribution in [0, 0.1) is 12.7 Å². The van der Waals surface area contributed by atoms with E-state index in [4.69, 9.17) is 4.74 Å². The fourth-order valence-corrected chi connectivity index (χ4v) is 1.10. The van der Waals surface area contributed by atoms with Crippen molar-refractivity contribution < 1.29 is 13.9 Å². The number of benzene rings is 1. The van der Waals surface area contributed by atoms with E-state index < -0.39 is 5.82 Å². The molecule has 0 atom stereocenters. The van der Waals surface area contributed by atoms with Crippen molar-refractivity contribution in [1.82, 2.24) is 0 Å². The van der Waals surface area contributed by atoms with Crippen LogP contribution in [0.4, 0.5) is 10.1 Å². The SMILES string of the molecule is CCOCC(=O)Nc1ccc(C)cc1F. The number of rotatable bonds is 4. The highest BCUT2D eigenvalue weighted by Crippen LogP contribution is 2.14. The number of hydrogen-bond donors (Lipinski definition) is 1. The predicted octanol–water partition coefficient (Wildman–Crippen LogP) is 2.11. The van der Waals surface area contributed by atoms with Crippen molar-refractivity contribution in [1.29, 1.82) is 0 Å². The van der Waals surface area contributed by atoms with E-state index in [0.717, 1.165) is 5.56 Å². The second kappa shape index (κ2) is 5.46. The van der Waals surface area contributed by atoms with Gasteiger partial charge in [-0.3, -0.25) is 4.79 Å². The van der Waals surface area contributed by atoms with Crippen LogP contribution in [0.2, 0.25) is 0 Å². The number of hydrogen-bond acceptors (Lipinski definition) is 2. The van der Waals surface area contributed by atoms with E-state index in [2.05, 4.69) is 5.32 Å². The van der Waals surface area contributed by atoms with E-state index in [1.165, 1.54) is 12.1 Å². The first-order valence-corrected chi connectivity index (χ1v) is 4.77. The molecule has 0 saturated carbocycles. The summed E-state index contributed by atoms with van der Waals surface area (Å²) in [5.41, 5.74) is 1.00. The van der Waals surface area contributed by atoms with Gasteiger partial charge in [-0.25, -0.2) is 4.39 Å². The van der Waals surface area contributed by atoms with Gasteiger partial charge in [-0.05, 0) is 31.5 Å². The molecular weight excluding hydrogens is 197 g/mol. The third kappa shape index (κ3) is 3.67. The quantitative estimate of drug-likeness (QED) is 0.828. The number of amides is 1. The van der Waals surface area contributed by atoms with Crippen molar-refractivity contribution >= 4 is 11.6 Å². The summed E-state index contributed by atoms with van der Waals surface area (Å²) in [4.78, 5) is 11.2. The summed E-state index contributed by atoms with van der Waals surface area (Å²) in [5, 5.41) is 2.43. The molecule has 3 nitrogen and oxygen atoms in total. The van der Waals surface area contributed by atoms with Crippen LogP contribution in [0.3, 0.4) is 0 Å². The average Bonchev–Trinajstić information content (AvgIpc) is 2.19. The molecule has 1 rings (SSSR count). The van der Waals surface area contributed by atoms with Gasteiger partial charge in [0.1, 0.15) is 12.4 Å². The molecule has 0 saturated heterocycles. The summed E-state index contributed by atoms with van der Waals surface area (Å²) < 4.78 is 18.2. The first kappa shape index (κ1) is 11.7. The van der Waals surface area contributed by atoms with Crippen LogP contribution < -0.4 is 5.32 Å². The van der Waals surface area contributed by atoms with Gasteiger partial charge in [0, 0.05) is 6.61 Å². The van der Waals surface area contributed by atoms with Gasteiger partial charge in [0.15, 0.2) is 0 Å². The van der Waals surface area contributed by atoms with Gasteiger partial charge in [0.2, 0.25) is 5.91 Å². The Morgan fingerprint density at radius 2 is 2.27 bits per heavy atom. The molecule has 0 aliphatic carbocycles. The van der Waals surface area contributed by atoms with Crippen LogP contribution in [0.15, 0.2) is 18.2 Å². The molecule has 0 radical (unpaired) electrons. The van der Waals surface area contributed by atoms with E-state index in [1.807, 2.05) is 0 Å². The zero-order chi connectivity index (χ0) is 11.3. The fourth-order valence-electron chi connectivity index (χ4n) is 1.10. The molecule has 1 aromatic rings. The molecule has 0 fully saturated rings. The third-order valence-corrected chi connectivity index (χ3v) is 1.84. The van der Waals surface area contributed by atoms with Crippen LogP contribution in [0.5, 0.6) is 0 Å². The van der Waals surface area contributed by atoms with Gasteiger partial charge < -0.3 is 10.1 Å². The van der Waals surface area contributed by atoms with Gasteiger partial charge in [-0.2, -0.15) is 0 Å². The molecule has 1 N–H and O–H groups in total. The number of nitrogens with one attached hydrogen (secondary N) is 1. The Labute approximate surface area is 88.2 Å². The molecule has 4 heteroatoms. The number of carbonyl (C=O) groups excluding carboxylic acids is 1. The maximum Gasteiger partial charge on any atom is 0.250 e. The molecule has 1 amide bonds. The minimum absolute atomic E-state index is 0.0518. The van der Waals surface area contributed by atoms with Crippen LogP contribution in [-0.2, 0) is 9.53 Å². The zero-order valence-corrected chi connectivity index (χ0v) is 8.84. The monoisotopic (exact) mass is 211 g/mol. The number of aryl methyl sites for hydroxylation is 1. The molecule has 0 aromatic heterocycles. The lowest BCUT2D eigenvalue weighted by Gasteiger charge is -2.06. The second-order valence-corrected chi connectivity index (χ2v) is 3.17. The Kier molecular flexibility index (Phi) is 4.24. The zero-order valence-electron chi connectivity index (χ0n) is 8.84. The van der Waals surface area contributed by atoms with E-state index in [0.29, 0.717) is 6.61 Å². The highest BCUT2D eigenvalue weighted by atomic mass is 19.1. The second-order valence-electron chi connectivity index (χ2n) is 3.17. The average molecular weight is 211 g/mol. The van der Waals surface area contributed by atoms with Crippen LogP contribution in [0.1, 0.15) is 12.5 Å². The Morgan fingerprint density at radius 1 is 1.53 bits per heavy atom. The van der Waals surface area contributed by atoms with Crippen LogP contribution >= 0.6 is 0 Å². The first-order chi connectivity index (χ1) is 7.13. The lowest BCUT2D eigenvalue weighted by atomic mass is 10.2. The highest BCUT2D eigenvalue weighted by molar-refractivity contribution is 5.91. The summed E-state index contributed by atoms with van der Waals surface area (Å²) >= 11 is 0. The van der Waals surface area contributed by atoms with E-state index in [-0.39, 0.29) is 18.2 Å². The lowest BCUT2D eigenvalue weighted by molar-refractivity contribution is -0.120. The van der Waals surface area contributed by atoms with Crippen molar-refractivity contribution in [3.05, 3.63) is 29.6 Å². The van der Waals surface area contributed by atoms with Gasteiger partial charge in [0.05, 0.1) is 5.69 Å². The molecule has 82 valence electrons. The standard InChI is InChI=1S/C11H14FNO2/c1-3-15-7-11(14)13-10-5-4-8(2)6-9(10)12/h4-6H,3,7H2,1-2H3,(H,13,14). The third-order valence-electron chi connectivity index (χ3n) is 1.84. The first-order valence-electron chi connectivity index (χ1n) is 4.77. The van der Waals surface area contributed by atoms with Crippen LogP contribution in [-0.4, -0.2) is 19.1 Å². The van der Waals surface area contributed by atoms with Gasteiger partial charge in [-0.1, -0.05) is 6.07 Å². The Balaban J connectivity index is 2.60. The molecule has 0 heterocycles. The Hall–Kier alpha value is -1.42. The molecule has 0 aliphatic heterocycles. The van der Waals surface area contributed by atoms with Crippen molar-refractivity contribution in [2.24, 2.45) is 0 Å². The molecule has 0 unspecified atom stereocenters. The summed E-state index contributed by atoms with van der Waals surface area (Å²) in [6, 6.07) is 4.64. The van der Waals surface area contributed by atoms with Gasteiger partial charge >= 0.3 is 0 Å².